The third-order valence-corrected chi connectivity index (χ3v) is 11.0. The van der Waals surface area contributed by atoms with E-state index in [2.05, 4.69) is 93.3 Å². The van der Waals surface area contributed by atoms with Crippen LogP contribution in [0, 0.1) is 0 Å². The number of carbonyl (C=O) groups excluding carboxylic acids is 1. The molecule has 0 aliphatic heterocycles. The summed E-state index contributed by atoms with van der Waals surface area (Å²) in [7, 11) is 4.32. The molecule has 0 atom stereocenters. The minimum Gasteiger partial charge on any atom is -0.340 e. The molecule has 3 heteroatoms. The zero-order valence-electron chi connectivity index (χ0n) is 37.5. The SMILES string of the molecule is CCCCC/C=C\C/C=C\CCCCCCCCC(CCCCCCCC/C=C\C/C=C\CCCCC)N(CCCN(C)C)C(=O)CCCCCCCC. The lowest BCUT2D eigenvalue weighted by Gasteiger charge is -2.33. The third kappa shape index (κ3) is 38.7. The van der Waals surface area contributed by atoms with Gasteiger partial charge in [-0.15, -0.1) is 0 Å². The Hall–Kier alpha value is -1.61. The Morgan fingerprint density at radius 2 is 0.759 bits per heavy atom. The second-order valence-corrected chi connectivity index (χ2v) is 16.7. The fourth-order valence-corrected chi connectivity index (χ4v) is 7.46. The van der Waals surface area contributed by atoms with Crippen molar-refractivity contribution < 1.29 is 4.79 Å². The van der Waals surface area contributed by atoms with Crippen molar-refractivity contribution in [3.63, 3.8) is 0 Å². The van der Waals surface area contributed by atoms with Crippen molar-refractivity contribution >= 4 is 5.91 Å². The molecular weight excluding hydrogens is 657 g/mol. The van der Waals surface area contributed by atoms with Gasteiger partial charge in [0.25, 0.3) is 0 Å². The van der Waals surface area contributed by atoms with Gasteiger partial charge in [0.15, 0.2) is 0 Å². The van der Waals surface area contributed by atoms with Crippen LogP contribution in [0.15, 0.2) is 48.6 Å². The number of nitrogens with zero attached hydrogens (tertiary/aromatic N) is 2. The molecule has 0 aromatic heterocycles. The van der Waals surface area contributed by atoms with E-state index < -0.39 is 0 Å². The number of hydrogen-bond donors (Lipinski definition) is 0. The lowest BCUT2D eigenvalue weighted by Crippen LogP contribution is -2.41. The Kier molecular flexibility index (Phi) is 42.8. The van der Waals surface area contributed by atoms with E-state index >= 15 is 0 Å². The first-order valence-corrected chi connectivity index (χ1v) is 24.1. The Morgan fingerprint density at radius 1 is 0.407 bits per heavy atom. The molecule has 0 unspecified atom stereocenters. The molecule has 0 aromatic rings. The molecule has 0 radical (unpaired) electrons. The zero-order valence-corrected chi connectivity index (χ0v) is 37.5. The molecule has 3 nitrogen and oxygen atoms in total. The average molecular weight is 753 g/mol. The molecule has 0 aliphatic carbocycles. The number of carbonyl (C=O) groups is 1. The summed E-state index contributed by atoms with van der Waals surface area (Å²) in [6.07, 6.45) is 61.6. The fraction of sp³-hybridized carbons (Fsp3) is 0.824. The van der Waals surface area contributed by atoms with E-state index in [1.54, 1.807) is 0 Å². The molecule has 0 fully saturated rings. The quantitative estimate of drug-likeness (QED) is 0.0458. The van der Waals surface area contributed by atoms with Gasteiger partial charge in [-0.25, -0.2) is 0 Å². The van der Waals surface area contributed by atoms with E-state index in [0.29, 0.717) is 11.9 Å². The van der Waals surface area contributed by atoms with Crippen LogP contribution in [-0.4, -0.2) is 48.9 Å². The van der Waals surface area contributed by atoms with Crippen LogP contribution in [0.3, 0.4) is 0 Å². The normalized spacial score (nSPS) is 12.4. The molecule has 0 N–H and O–H groups in total. The molecule has 0 rings (SSSR count). The summed E-state index contributed by atoms with van der Waals surface area (Å²) in [6, 6.07) is 0.427. The van der Waals surface area contributed by atoms with Crippen molar-refractivity contribution in [3.8, 4) is 0 Å². The van der Waals surface area contributed by atoms with E-state index in [1.807, 2.05) is 0 Å². The van der Waals surface area contributed by atoms with Crippen LogP contribution in [0.4, 0.5) is 0 Å². The lowest BCUT2D eigenvalue weighted by atomic mass is 9.97. The van der Waals surface area contributed by atoms with Gasteiger partial charge in [0.1, 0.15) is 0 Å². The number of unbranched alkanes of at least 4 members (excludes halogenated alkanes) is 23. The third-order valence-electron chi connectivity index (χ3n) is 11.0. The van der Waals surface area contributed by atoms with Gasteiger partial charge in [0.05, 0.1) is 0 Å². The maximum atomic E-state index is 13.8. The van der Waals surface area contributed by atoms with Gasteiger partial charge in [-0.1, -0.05) is 191 Å². The molecule has 0 bridgehead atoms. The molecule has 1 amide bonds. The molecule has 54 heavy (non-hydrogen) atoms. The van der Waals surface area contributed by atoms with Crippen LogP contribution in [0.1, 0.15) is 239 Å². The van der Waals surface area contributed by atoms with E-state index in [1.165, 1.54) is 186 Å². The number of allylic oxidation sites excluding steroid dienone is 8. The van der Waals surface area contributed by atoms with Crippen LogP contribution >= 0.6 is 0 Å². The number of amides is 1. The predicted molar refractivity (Wildman–Crippen MR) is 245 cm³/mol. The van der Waals surface area contributed by atoms with Gasteiger partial charge < -0.3 is 9.80 Å². The summed E-state index contributed by atoms with van der Waals surface area (Å²) in [5.41, 5.74) is 0. The smallest absolute Gasteiger partial charge is 0.222 e. The van der Waals surface area contributed by atoms with Gasteiger partial charge >= 0.3 is 0 Å². The van der Waals surface area contributed by atoms with E-state index in [-0.39, 0.29) is 0 Å². The van der Waals surface area contributed by atoms with Gasteiger partial charge in [0.2, 0.25) is 5.91 Å². The van der Waals surface area contributed by atoms with Gasteiger partial charge in [-0.3, -0.25) is 4.79 Å². The van der Waals surface area contributed by atoms with E-state index in [0.717, 1.165) is 45.2 Å². The maximum absolute atomic E-state index is 13.8. The standard InChI is InChI=1S/C51H96N2O/c1-6-9-12-15-18-20-22-24-26-28-30-32-34-36-38-41-45-50(53(49-44-48-52(4)5)51(54)47-43-40-17-14-11-8-3)46-42-39-37-35-33-31-29-27-25-23-21-19-16-13-10-7-2/h18-21,24-27,50H,6-17,22-23,28-49H2,1-5H3/b20-18-,21-19-,26-24-,27-25-. The molecule has 0 aromatic carbocycles. The average Bonchev–Trinajstić information content (AvgIpc) is 3.16. The molecule has 0 saturated heterocycles. The molecular formula is C51H96N2O. The molecule has 0 aliphatic rings. The Labute approximate surface area is 340 Å². The maximum Gasteiger partial charge on any atom is 0.222 e. The molecule has 0 heterocycles. The van der Waals surface area contributed by atoms with Crippen LogP contribution in [0.25, 0.3) is 0 Å². The van der Waals surface area contributed by atoms with Crippen molar-refractivity contribution in [1.29, 1.82) is 0 Å². The minimum absolute atomic E-state index is 0.427. The summed E-state index contributed by atoms with van der Waals surface area (Å²) < 4.78 is 0. The lowest BCUT2D eigenvalue weighted by molar-refractivity contribution is -0.134. The number of rotatable bonds is 42. The number of hydrogen-bond acceptors (Lipinski definition) is 2. The second kappa shape index (κ2) is 44.1. The summed E-state index contributed by atoms with van der Waals surface area (Å²) >= 11 is 0. The summed E-state index contributed by atoms with van der Waals surface area (Å²) in [6.45, 7) is 8.81. The second-order valence-electron chi connectivity index (χ2n) is 16.7. The van der Waals surface area contributed by atoms with Crippen LogP contribution in [0.5, 0.6) is 0 Å². The summed E-state index contributed by atoms with van der Waals surface area (Å²) in [4.78, 5) is 18.4. The summed E-state index contributed by atoms with van der Waals surface area (Å²) in [5, 5.41) is 0. The van der Waals surface area contributed by atoms with Crippen molar-refractivity contribution in [3.05, 3.63) is 48.6 Å². The van der Waals surface area contributed by atoms with Crippen molar-refractivity contribution in [2.75, 3.05) is 27.2 Å². The van der Waals surface area contributed by atoms with Crippen LogP contribution < -0.4 is 0 Å². The van der Waals surface area contributed by atoms with Crippen molar-refractivity contribution in [1.82, 2.24) is 9.80 Å². The van der Waals surface area contributed by atoms with Gasteiger partial charge in [-0.2, -0.15) is 0 Å². The molecule has 0 spiro atoms. The Bertz CT molecular complexity index is 823. The first kappa shape index (κ1) is 52.4. The minimum atomic E-state index is 0.427. The summed E-state index contributed by atoms with van der Waals surface area (Å²) in [5.74, 6) is 0.439. The largest absolute Gasteiger partial charge is 0.340 e. The first-order valence-electron chi connectivity index (χ1n) is 24.1. The van der Waals surface area contributed by atoms with Crippen molar-refractivity contribution in [2.45, 2.75) is 245 Å². The zero-order chi connectivity index (χ0) is 39.4. The van der Waals surface area contributed by atoms with Gasteiger partial charge in [-0.05, 0) is 111 Å². The Balaban J connectivity index is 4.73. The van der Waals surface area contributed by atoms with E-state index in [4.69, 9.17) is 0 Å². The van der Waals surface area contributed by atoms with Crippen LogP contribution in [-0.2, 0) is 4.79 Å². The van der Waals surface area contributed by atoms with Crippen LogP contribution in [0.2, 0.25) is 0 Å². The topological polar surface area (TPSA) is 23.6 Å². The van der Waals surface area contributed by atoms with Crippen molar-refractivity contribution in [2.24, 2.45) is 0 Å². The Morgan fingerprint density at radius 3 is 1.19 bits per heavy atom. The highest BCUT2D eigenvalue weighted by Crippen LogP contribution is 2.22. The first-order chi connectivity index (χ1) is 26.6. The highest BCUT2D eigenvalue weighted by Gasteiger charge is 2.22. The highest BCUT2D eigenvalue weighted by atomic mass is 16.2. The monoisotopic (exact) mass is 753 g/mol. The molecule has 0 saturated carbocycles. The highest BCUT2D eigenvalue weighted by molar-refractivity contribution is 5.76. The predicted octanol–water partition coefficient (Wildman–Crippen LogP) is 16.3. The van der Waals surface area contributed by atoms with Gasteiger partial charge in [0, 0.05) is 19.0 Å². The molecule has 316 valence electrons. The van der Waals surface area contributed by atoms with E-state index in [9.17, 15) is 4.79 Å². The fourth-order valence-electron chi connectivity index (χ4n) is 7.46.